The van der Waals surface area contributed by atoms with Crippen LogP contribution in [0.2, 0.25) is 0 Å². The zero-order valence-corrected chi connectivity index (χ0v) is 8.61. The molecule has 2 N–H and O–H groups in total. The Hall–Kier alpha value is -1.28. The van der Waals surface area contributed by atoms with Crippen LogP contribution in [0.5, 0.6) is 0 Å². The Morgan fingerprint density at radius 1 is 1.27 bits per heavy atom. The first-order valence-corrected chi connectivity index (χ1v) is 5.59. The Balaban J connectivity index is 1.99. The van der Waals surface area contributed by atoms with Gasteiger partial charge in [0.15, 0.2) is 0 Å². The molecule has 0 spiro atoms. The van der Waals surface area contributed by atoms with Crippen LogP contribution in [0.1, 0.15) is 29.9 Å². The second kappa shape index (κ2) is 3.38. The van der Waals surface area contributed by atoms with Crippen LogP contribution < -0.4 is 5.32 Å². The van der Waals surface area contributed by atoms with Crippen molar-refractivity contribution in [2.24, 2.45) is 0 Å². The lowest BCUT2D eigenvalue weighted by molar-refractivity contribution is 0.346. The number of aliphatic hydroxyl groups excluding tert-OH is 1. The largest absolute Gasteiger partial charge is 0.512 e. The predicted molar refractivity (Wildman–Crippen MR) is 60.8 cm³/mol. The molecule has 1 aliphatic heterocycles. The van der Waals surface area contributed by atoms with Crippen LogP contribution in [0, 0.1) is 0 Å². The molecule has 78 valence electrons. The molecule has 1 aromatic rings. The number of hydrogen-bond donors (Lipinski definition) is 2. The van der Waals surface area contributed by atoms with Gasteiger partial charge in [-0.25, -0.2) is 0 Å². The molecule has 0 amide bonds. The summed E-state index contributed by atoms with van der Waals surface area (Å²) < 4.78 is 0. The van der Waals surface area contributed by atoms with E-state index in [2.05, 4.69) is 17.4 Å². The van der Waals surface area contributed by atoms with Gasteiger partial charge in [-0.1, -0.05) is 24.3 Å². The maximum Gasteiger partial charge on any atom is 0.102 e. The van der Waals surface area contributed by atoms with E-state index in [0.29, 0.717) is 11.8 Å². The topological polar surface area (TPSA) is 32.3 Å². The van der Waals surface area contributed by atoms with E-state index in [1.165, 1.54) is 17.5 Å². The smallest absolute Gasteiger partial charge is 0.102 e. The molecule has 1 aromatic carbocycles. The molecule has 1 saturated heterocycles. The number of aliphatic hydroxyl groups is 1. The van der Waals surface area contributed by atoms with Gasteiger partial charge in [-0.15, -0.1) is 0 Å². The molecule has 1 heterocycles. The predicted octanol–water partition coefficient (Wildman–Crippen LogP) is 2.43. The van der Waals surface area contributed by atoms with Crippen LogP contribution >= 0.6 is 0 Å². The van der Waals surface area contributed by atoms with Gasteiger partial charge in [-0.2, -0.15) is 0 Å². The zero-order chi connectivity index (χ0) is 10.3. The van der Waals surface area contributed by atoms with Crippen LogP contribution in [0.25, 0.3) is 6.08 Å². The highest BCUT2D eigenvalue weighted by atomic mass is 16.3. The molecule has 3 rings (SSSR count). The molecule has 1 fully saturated rings. The summed E-state index contributed by atoms with van der Waals surface area (Å²) in [5.41, 5.74) is 2.45. The van der Waals surface area contributed by atoms with Crippen molar-refractivity contribution in [3.8, 4) is 0 Å². The van der Waals surface area contributed by atoms with Crippen molar-refractivity contribution in [3.63, 3.8) is 0 Å². The van der Waals surface area contributed by atoms with Crippen molar-refractivity contribution in [1.29, 1.82) is 0 Å². The number of nitrogens with one attached hydrogen (secondary N) is 1. The highest BCUT2D eigenvalue weighted by molar-refractivity contribution is 5.65. The van der Waals surface area contributed by atoms with Gasteiger partial charge in [0.2, 0.25) is 0 Å². The Bertz CT molecular complexity index is 405. The molecule has 0 aromatic heterocycles. The van der Waals surface area contributed by atoms with Crippen LogP contribution in [0.15, 0.2) is 30.0 Å². The van der Waals surface area contributed by atoms with E-state index in [-0.39, 0.29) is 5.92 Å². The molecule has 1 unspecified atom stereocenters. The summed E-state index contributed by atoms with van der Waals surface area (Å²) in [7, 11) is 0. The Kier molecular flexibility index (Phi) is 2.03. The Morgan fingerprint density at radius 2 is 2.13 bits per heavy atom. The van der Waals surface area contributed by atoms with Gasteiger partial charge >= 0.3 is 0 Å². The van der Waals surface area contributed by atoms with Gasteiger partial charge in [0.1, 0.15) is 5.76 Å². The average Bonchev–Trinajstić information content (AvgIpc) is 2.82. The van der Waals surface area contributed by atoms with E-state index in [1.807, 2.05) is 18.2 Å². The first kappa shape index (κ1) is 8.98. The third kappa shape index (κ3) is 1.37. The molecular formula is C13H15NO. The highest BCUT2D eigenvalue weighted by Crippen LogP contribution is 2.39. The molecular weight excluding hydrogens is 186 g/mol. The fourth-order valence-electron chi connectivity index (χ4n) is 2.75. The van der Waals surface area contributed by atoms with E-state index in [0.717, 1.165) is 13.0 Å². The molecule has 2 nitrogen and oxygen atoms in total. The number of rotatable bonds is 1. The van der Waals surface area contributed by atoms with E-state index < -0.39 is 0 Å². The van der Waals surface area contributed by atoms with Gasteiger partial charge in [0.25, 0.3) is 0 Å². The second-order valence-corrected chi connectivity index (χ2v) is 4.38. The van der Waals surface area contributed by atoms with Gasteiger partial charge in [0.05, 0.1) is 5.92 Å². The standard InChI is InChI=1S/C13H15NO/c15-12-8-9-4-1-2-5-10(9)13(12)11-6-3-7-14-11/h1-2,4-5,8,11,13-15H,3,6-7H2/t11-,13?/m0/s1. The first-order valence-electron chi connectivity index (χ1n) is 5.59. The van der Waals surface area contributed by atoms with Gasteiger partial charge in [0, 0.05) is 6.04 Å². The maximum atomic E-state index is 9.99. The highest BCUT2D eigenvalue weighted by Gasteiger charge is 2.33. The van der Waals surface area contributed by atoms with Crippen molar-refractivity contribution in [3.05, 3.63) is 41.2 Å². The minimum atomic E-state index is 0.184. The summed E-state index contributed by atoms with van der Waals surface area (Å²) in [6, 6.07) is 8.69. The summed E-state index contributed by atoms with van der Waals surface area (Å²) in [6.07, 6.45) is 4.29. The van der Waals surface area contributed by atoms with Gasteiger partial charge in [-0.3, -0.25) is 0 Å². The van der Waals surface area contributed by atoms with Crippen molar-refractivity contribution in [1.82, 2.24) is 5.32 Å². The first-order chi connectivity index (χ1) is 7.36. The lowest BCUT2D eigenvalue weighted by Gasteiger charge is -2.20. The van der Waals surface area contributed by atoms with E-state index in [4.69, 9.17) is 0 Å². The fraction of sp³-hybridized carbons (Fsp3) is 0.385. The molecule has 2 aliphatic rings. The van der Waals surface area contributed by atoms with E-state index in [1.54, 1.807) is 0 Å². The SMILES string of the molecule is OC1=Cc2ccccc2C1[C@@H]1CCCN1. The minimum Gasteiger partial charge on any atom is -0.512 e. The lowest BCUT2D eigenvalue weighted by Crippen LogP contribution is -2.29. The number of benzene rings is 1. The number of fused-ring (bicyclic) bond motifs is 1. The monoisotopic (exact) mass is 201 g/mol. The van der Waals surface area contributed by atoms with Crippen molar-refractivity contribution < 1.29 is 5.11 Å². The van der Waals surface area contributed by atoms with E-state index in [9.17, 15) is 5.11 Å². The number of hydrogen-bond acceptors (Lipinski definition) is 2. The maximum absolute atomic E-state index is 9.99. The summed E-state index contributed by atoms with van der Waals surface area (Å²) in [6.45, 7) is 1.08. The van der Waals surface area contributed by atoms with Gasteiger partial charge < -0.3 is 10.4 Å². The third-order valence-corrected chi connectivity index (χ3v) is 3.45. The normalized spacial score (nSPS) is 28.9. The zero-order valence-electron chi connectivity index (χ0n) is 8.61. The lowest BCUT2D eigenvalue weighted by atomic mass is 9.91. The second-order valence-electron chi connectivity index (χ2n) is 4.38. The van der Waals surface area contributed by atoms with Crippen LogP contribution in [0.4, 0.5) is 0 Å². The van der Waals surface area contributed by atoms with Crippen LogP contribution in [0.3, 0.4) is 0 Å². The van der Waals surface area contributed by atoms with Gasteiger partial charge in [-0.05, 0) is 36.6 Å². The minimum absolute atomic E-state index is 0.184. The Morgan fingerprint density at radius 3 is 2.93 bits per heavy atom. The third-order valence-electron chi connectivity index (χ3n) is 3.45. The van der Waals surface area contributed by atoms with Crippen molar-refractivity contribution >= 4 is 6.08 Å². The quantitative estimate of drug-likeness (QED) is 0.731. The molecule has 0 radical (unpaired) electrons. The molecule has 1 aliphatic carbocycles. The summed E-state index contributed by atoms with van der Waals surface area (Å²) in [4.78, 5) is 0. The van der Waals surface area contributed by atoms with Crippen molar-refractivity contribution in [2.45, 2.75) is 24.8 Å². The fourth-order valence-corrected chi connectivity index (χ4v) is 2.75. The van der Waals surface area contributed by atoms with Crippen LogP contribution in [-0.4, -0.2) is 17.7 Å². The average molecular weight is 201 g/mol. The summed E-state index contributed by atoms with van der Waals surface area (Å²) in [5.74, 6) is 0.708. The molecule has 0 bridgehead atoms. The van der Waals surface area contributed by atoms with Crippen LogP contribution in [-0.2, 0) is 0 Å². The summed E-state index contributed by atoms with van der Waals surface area (Å²) >= 11 is 0. The summed E-state index contributed by atoms with van der Waals surface area (Å²) in [5, 5.41) is 13.5. The molecule has 15 heavy (non-hydrogen) atoms. The molecule has 2 atom stereocenters. The van der Waals surface area contributed by atoms with E-state index >= 15 is 0 Å². The van der Waals surface area contributed by atoms with Crippen molar-refractivity contribution in [2.75, 3.05) is 6.54 Å². The Labute approximate surface area is 89.6 Å². The molecule has 0 saturated carbocycles. The molecule has 2 heteroatoms.